The molecule has 1 atom stereocenters. The van der Waals surface area contributed by atoms with E-state index in [-0.39, 0.29) is 0 Å². The molecule has 0 aliphatic rings. The van der Waals surface area contributed by atoms with E-state index in [2.05, 4.69) is 10.3 Å². The number of aromatic amines is 1. The van der Waals surface area contributed by atoms with Crippen molar-refractivity contribution in [3.8, 4) is 5.75 Å². The van der Waals surface area contributed by atoms with Gasteiger partial charge < -0.3 is 20.1 Å². The Kier molecular flexibility index (Phi) is 4.29. The maximum absolute atomic E-state index is 11.5. The maximum Gasteiger partial charge on any atom is 0.325 e. The van der Waals surface area contributed by atoms with Gasteiger partial charge in [-0.25, -0.2) is 0 Å². The smallest absolute Gasteiger partial charge is 0.325 e. The van der Waals surface area contributed by atoms with E-state index in [9.17, 15) is 9.90 Å². The third-order valence-corrected chi connectivity index (χ3v) is 3.21. The monoisotopic (exact) mass is 276 g/mol. The number of carbonyl (C=O) groups is 1. The van der Waals surface area contributed by atoms with Crippen LogP contribution >= 0.6 is 0 Å². The van der Waals surface area contributed by atoms with Gasteiger partial charge in [-0.1, -0.05) is 13.8 Å². The number of rotatable bonds is 6. The van der Waals surface area contributed by atoms with Gasteiger partial charge >= 0.3 is 5.97 Å². The van der Waals surface area contributed by atoms with Crippen molar-refractivity contribution in [3.63, 3.8) is 0 Å². The molecule has 5 heteroatoms. The highest BCUT2D eigenvalue weighted by molar-refractivity contribution is 5.90. The number of aromatic nitrogens is 1. The summed E-state index contributed by atoms with van der Waals surface area (Å²) >= 11 is 0. The van der Waals surface area contributed by atoms with E-state index in [0.29, 0.717) is 18.2 Å². The van der Waals surface area contributed by atoms with Crippen LogP contribution in [0.15, 0.2) is 24.4 Å². The molecule has 0 aliphatic carbocycles. The average molecular weight is 276 g/mol. The highest BCUT2D eigenvalue weighted by Gasteiger charge is 2.22. The van der Waals surface area contributed by atoms with Gasteiger partial charge in [0.05, 0.1) is 7.11 Å². The van der Waals surface area contributed by atoms with Gasteiger partial charge in [0.2, 0.25) is 0 Å². The fourth-order valence-electron chi connectivity index (χ4n) is 2.17. The van der Waals surface area contributed by atoms with E-state index in [0.717, 1.165) is 16.5 Å². The van der Waals surface area contributed by atoms with Crippen molar-refractivity contribution in [2.75, 3.05) is 13.7 Å². The first-order valence-corrected chi connectivity index (χ1v) is 6.64. The highest BCUT2D eigenvalue weighted by Crippen LogP contribution is 2.28. The van der Waals surface area contributed by atoms with Crippen LogP contribution in [-0.4, -0.2) is 29.7 Å². The van der Waals surface area contributed by atoms with E-state index in [1.54, 1.807) is 13.3 Å². The first-order chi connectivity index (χ1) is 9.52. The van der Waals surface area contributed by atoms with E-state index in [1.165, 1.54) is 0 Å². The molecule has 5 nitrogen and oxygen atoms in total. The molecule has 1 aromatic carbocycles. The number of carboxylic acids is 1. The number of H-pyrrole nitrogens is 1. The summed E-state index contributed by atoms with van der Waals surface area (Å²) < 4.78 is 5.20. The zero-order valence-corrected chi connectivity index (χ0v) is 11.9. The van der Waals surface area contributed by atoms with E-state index >= 15 is 0 Å². The fraction of sp³-hybridized carbons (Fsp3) is 0.400. The van der Waals surface area contributed by atoms with Crippen molar-refractivity contribution in [2.45, 2.75) is 19.9 Å². The Morgan fingerprint density at radius 3 is 2.80 bits per heavy atom. The fourth-order valence-corrected chi connectivity index (χ4v) is 2.17. The Bertz CT molecular complexity index is 604. The van der Waals surface area contributed by atoms with Gasteiger partial charge in [0.25, 0.3) is 0 Å². The molecule has 2 aromatic rings. The van der Waals surface area contributed by atoms with Crippen LogP contribution in [0.25, 0.3) is 10.9 Å². The molecule has 20 heavy (non-hydrogen) atoms. The summed E-state index contributed by atoms with van der Waals surface area (Å²) in [4.78, 5) is 14.6. The van der Waals surface area contributed by atoms with Crippen molar-refractivity contribution >= 4 is 16.9 Å². The van der Waals surface area contributed by atoms with Crippen molar-refractivity contribution in [1.82, 2.24) is 10.3 Å². The Labute approximate surface area is 117 Å². The van der Waals surface area contributed by atoms with Crippen LogP contribution in [0.5, 0.6) is 5.75 Å². The lowest BCUT2D eigenvalue weighted by atomic mass is 10.0. The topological polar surface area (TPSA) is 74.3 Å². The molecule has 108 valence electrons. The Hall–Kier alpha value is -2.01. The molecule has 0 bridgehead atoms. The Morgan fingerprint density at radius 1 is 1.45 bits per heavy atom. The molecule has 0 saturated carbocycles. The van der Waals surface area contributed by atoms with Crippen LogP contribution < -0.4 is 10.1 Å². The number of hydrogen-bond donors (Lipinski definition) is 3. The number of nitrogens with one attached hydrogen (secondary N) is 2. The molecule has 0 spiro atoms. The minimum Gasteiger partial charge on any atom is -0.497 e. The lowest BCUT2D eigenvalue weighted by Crippen LogP contribution is -2.31. The van der Waals surface area contributed by atoms with E-state index in [1.807, 2.05) is 32.0 Å². The number of aliphatic carboxylic acids is 1. The van der Waals surface area contributed by atoms with E-state index in [4.69, 9.17) is 4.74 Å². The zero-order chi connectivity index (χ0) is 14.7. The molecule has 0 fully saturated rings. The van der Waals surface area contributed by atoms with Gasteiger partial charge in [-0.15, -0.1) is 0 Å². The summed E-state index contributed by atoms with van der Waals surface area (Å²) in [6, 6.07) is 4.87. The van der Waals surface area contributed by atoms with E-state index < -0.39 is 12.0 Å². The molecule has 0 saturated heterocycles. The number of methoxy groups -OCH3 is 1. The number of ether oxygens (including phenoxy) is 1. The SMILES string of the molecule is COc1ccc2[nH]cc([C@H](NCC(C)C)C(=O)O)c2c1. The van der Waals surface area contributed by atoms with Gasteiger partial charge in [0.15, 0.2) is 0 Å². The van der Waals surface area contributed by atoms with Gasteiger partial charge in [0.1, 0.15) is 11.8 Å². The molecule has 0 aliphatic heterocycles. The molecule has 1 aromatic heterocycles. The summed E-state index contributed by atoms with van der Waals surface area (Å²) in [5, 5.41) is 13.4. The third kappa shape index (κ3) is 2.93. The minimum atomic E-state index is -0.880. The van der Waals surface area contributed by atoms with Crippen LogP contribution in [0.2, 0.25) is 0 Å². The minimum absolute atomic E-state index is 0.386. The second-order valence-electron chi connectivity index (χ2n) is 5.23. The normalized spacial score (nSPS) is 12.8. The Balaban J connectivity index is 2.39. The third-order valence-electron chi connectivity index (χ3n) is 3.21. The van der Waals surface area contributed by atoms with Gasteiger partial charge in [-0.05, 0) is 30.7 Å². The summed E-state index contributed by atoms with van der Waals surface area (Å²) in [6.45, 7) is 4.74. The Morgan fingerprint density at radius 2 is 2.20 bits per heavy atom. The summed E-state index contributed by atoms with van der Waals surface area (Å²) in [5.41, 5.74) is 1.63. The van der Waals surface area contributed by atoms with Crippen LogP contribution in [0.1, 0.15) is 25.5 Å². The molecular formula is C15H20N2O3. The molecule has 0 unspecified atom stereocenters. The number of carboxylic acid groups (broad SMARTS) is 1. The molecule has 0 radical (unpaired) electrons. The maximum atomic E-state index is 11.5. The molecule has 0 amide bonds. The van der Waals surface area contributed by atoms with Crippen LogP contribution in [0, 0.1) is 5.92 Å². The second kappa shape index (κ2) is 5.96. The van der Waals surface area contributed by atoms with Crippen molar-refractivity contribution < 1.29 is 14.6 Å². The summed E-state index contributed by atoms with van der Waals surface area (Å²) in [5.74, 6) is 0.220. The quantitative estimate of drug-likeness (QED) is 0.758. The van der Waals surface area contributed by atoms with Gasteiger partial charge in [0, 0.05) is 22.7 Å². The van der Waals surface area contributed by atoms with Crippen molar-refractivity contribution in [2.24, 2.45) is 5.92 Å². The molecule has 1 heterocycles. The standard InChI is InChI=1S/C15H20N2O3/c1-9(2)7-17-14(15(18)19)12-8-16-13-5-4-10(20-3)6-11(12)13/h4-6,8-9,14,16-17H,7H2,1-3H3,(H,18,19)/t14-/m0/s1. The van der Waals surface area contributed by atoms with Crippen LogP contribution in [0.4, 0.5) is 0 Å². The van der Waals surface area contributed by atoms with Crippen molar-refractivity contribution in [3.05, 3.63) is 30.0 Å². The average Bonchev–Trinajstić information content (AvgIpc) is 2.81. The largest absolute Gasteiger partial charge is 0.497 e. The summed E-state index contributed by atoms with van der Waals surface area (Å²) in [6.07, 6.45) is 1.75. The number of benzene rings is 1. The second-order valence-corrected chi connectivity index (χ2v) is 5.23. The van der Waals surface area contributed by atoms with Gasteiger partial charge in [-0.2, -0.15) is 0 Å². The highest BCUT2D eigenvalue weighted by atomic mass is 16.5. The predicted octanol–water partition coefficient (Wildman–Crippen LogP) is 2.55. The predicted molar refractivity (Wildman–Crippen MR) is 78.1 cm³/mol. The first-order valence-electron chi connectivity index (χ1n) is 6.64. The zero-order valence-electron chi connectivity index (χ0n) is 11.9. The molecule has 3 N–H and O–H groups in total. The van der Waals surface area contributed by atoms with Crippen LogP contribution in [-0.2, 0) is 4.79 Å². The first kappa shape index (κ1) is 14.4. The van der Waals surface area contributed by atoms with Crippen molar-refractivity contribution in [1.29, 1.82) is 0 Å². The van der Waals surface area contributed by atoms with Crippen LogP contribution in [0.3, 0.4) is 0 Å². The molecule has 2 rings (SSSR count). The lowest BCUT2D eigenvalue weighted by Gasteiger charge is -2.15. The molecular weight excluding hydrogens is 256 g/mol. The van der Waals surface area contributed by atoms with Gasteiger partial charge in [-0.3, -0.25) is 4.79 Å². The number of hydrogen-bond acceptors (Lipinski definition) is 3. The lowest BCUT2D eigenvalue weighted by molar-refractivity contribution is -0.139. The summed E-state index contributed by atoms with van der Waals surface area (Å²) in [7, 11) is 1.60. The number of fused-ring (bicyclic) bond motifs is 1.